The fourth-order valence-electron chi connectivity index (χ4n) is 3.84. The van der Waals surface area contributed by atoms with Crippen molar-refractivity contribution < 1.29 is 9.59 Å². The van der Waals surface area contributed by atoms with Gasteiger partial charge in [-0.1, -0.05) is 54.6 Å². The van der Waals surface area contributed by atoms with Gasteiger partial charge in [-0.05, 0) is 48.7 Å². The minimum atomic E-state index is -0.121. The molecule has 1 heterocycles. The molecule has 1 aliphatic carbocycles. The largest absolute Gasteiger partial charge is 0.331 e. The molecule has 1 saturated carbocycles. The van der Waals surface area contributed by atoms with Gasteiger partial charge in [0.25, 0.3) is 0 Å². The van der Waals surface area contributed by atoms with Crippen molar-refractivity contribution in [2.75, 3.05) is 10.6 Å². The Hall–Kier alpha value is -3.86. The number of rotatable bonds is 6. The normalized spacial score (nSPS) is 13.2. The van der Waals surface area contributed by atoms with E-state index in [2.05, 4.69) is 34.9 Å². The minimum absolute atomic E-state index is 0.0507. The topological polar surface area (TPSA) is 63.1 Å². The fraction of sp³-hybridized carbons (Fsp3) is 0.154. The average molecular weight is 409 g/mol. The number of anilines is 2. The Kier molecular flexibility index (Phi) is 5.00. The van der Waals surface area contributed by atoms with Gasteiger partial charge in [0.15, 0.2) is 0 Å². The van der Waals surface area contributed by atoms with Crippen molar-refractivity contribution in [3.8, 4) is 11.3 Å². The van der Waals surface area contributed by atoms with Crippen molar-refractivity contribution in [3.05, 3.63) is 84.9 Å². The number of aromatic nitrogens is 1. The molecule has 5 rings (SSSR count). The van der Waals surface area contributed by atoms with Gasteiger partial charge in [0, 0.05) is 33.9 Å². The zero-order valence-electron chi connectivity index (χ0n) is 17.0. The van der Waals surface area contributed by atoms with E-state index in [1.807, 2.05) is 59.2 Å². The van der Waals surface area contributed by atoms with Crippen LogP contribution in [0, 0.1) is 5.92 Å². The second-order valence-electron chi connectivity index (χ2n) is 7.93. The third-order valence-electron chi connectivity index (χ3n) is 5.54. The summed E-state index contributed by atoms with van der Waals surface area (Å²) in [5, 5.41) is 6.99. The van der Waals surface area contributed by atoms with Gasteiger partial charge in [-0.25, -0.2) is 0 Å². The van der Waals surface area contributed by atoms with Crippen molar-refractivity contribution in [3.63, 3.8) is 0 Å². The van der Waals surface area contributed by atoms with Crippen molar-refractivity contribution >= 4 is 34.1 Å². The van der Waals surface area contributed by atoms with Crippen LogP contribution in [0.25, 0.3) is 22.2 Å². The highest BCUT2D eigenvalue weighted by molar-refractivity contribution is 5.97. The molecule has 3 aromatic carbocycles. The lowest BCUT2D eigenvalue weighted by atomic mass is 10.1. The van der Waals surface area contributed by atoms with Crippen LogP contribution < -0.4 is 10.6 Å². The number of nitrogens with one attached hydrogen (secondary N) is 2. The predicted molar refractivity (Wildman–Crippen MR) is 124 cm³/mol. The van der Waals surface area contributed by atoms with Crippen LogP contribution in [0.15, 0.2) is 84.9 Å². The maximum atomic E-state index is 12.9. The molecule has 1 aliphatic rings. The molecule has 2 N–H and O–H groups in total. The van der Waals surface area contributed by atoms with E-state index < -0.39 is 0 Å². The minimum Gasteiger partial charge on any atom is -0.331 e. The Bertz CT molecular complexity index is 1260. The van der Waals surface area contributed by atoms with Crippen molar-refractivity contribution in [2.45, 2.75) is 19.4 Å². The predicted octanol–water partition coefficient (Wildman–Crippen LogP) is 5.30. The first-order chi connectivity index (χ1) is 15.2. The number of carbonyl (C=O) groups excluding carboxylic acids is 2. The van der Waals surface area contributed by atoms with E-state index in [-0.39, 0.29) is 24.3 Å². The van der Waals surface area contributed by atoms with Crippen LogP contribution in [-0.4, -0.2) is 16.4 Å². The number of nitrogens with zero attached hydrogens (tertiary/aromatic N) is 1. The molecule has 0 bridgehead atoms. The van der Waals surface area contributed by atoms with Gasteiger partial charge in [-0.15, -0.1) is 0 Å². The van der Waals surface area contributed by atoms with Gasteiger partial charge in [-0.2, -0.15) is 0 Å². The first-order valence-electron chi connectivity index (χ1n) is 10.5. The molecule has 154 valence electrons. The number of benzene rings is 3. The highest BCUT2D eigenvalue weighted by atomic mass is 16.2. The van der Waals surface area contributed by atoms with Gasteiger partial charge in [0.2, 0.25) is 11.8 Å². The van der Waals surface area contributed by atoms with Crippen molar-refractivity contribution in [2.24, 2.45) is 5.92 Å². The molecule has 1 aromatic heterocycles. The van der Waals surface area contributed by atoms with Crippen LogP contribution in [0.1, 0.15) is 12.8 Å². The SMILES string of the molecule is O=C(Cn1c(-c2ccccc2)cc2ccccc21)Nc1cccc(NC(=O)C2CC2)c1. The molecule has 5 heteroatoms. The Balaban J connectivity index is 1.38. The van der Waals surface area contributed by atoms with E-state index in [1.165, 1.54) is 0 Å². The van der Waals surface area contributed by atoms with Gasteiger partial charge in [0.05, 0.1) is 0 Å². The van der Waals surface area contributed by atoms with Gasteiger partial charge >= 0.3 is 0 Å². The Morgan fingerprint density at radius 2 is 1.52 bits per heavy atom. The Morgan fingerprint density at radius 3 is 2.29 bits per heavy atom. The Labute approximate surface area is 180 Å². The van der Waals surface area contributed by atoms with Crippen molar-refractivity contribution in [1.82, 2.24) is 4.57 Å². The third kappa shape index (κ3) is 4.21. The van der Waals surface area contributed by atoms with Crippen molar-refractivity contribution in [1.29, 1.82) is 0 Å². The van der Waals surface area contributed by atoms with Crippen LogP contribution in [0.3, 0.4) is 0 Å². The van der Waals surface area contributed by atoms with E-state index in [9.17, 15) is 9.59 Å². The number of hydrogen-bond donors (Lipinski definition) is 2. The van der Waals surface area contributed by atoms with E-state index >= 15 is 0 Å². The summed E-state index contributed by atoms with van der Waals surface area (Å²) in [6.45, 7) is 0.191. The molecule has 0 radical (unpaired) electrons. The summed E-state index contributed by atoms with van der Waals surface area (Å²) in [7, 11) is 0. The summed E-state index contributed by atoms with van der Waals surface area (Å²) in [5.41, 5.74) is 4.45. The lowest BCUT2D eigenvalue weighted by Crippen LogP contribution is -2.19. The quantitative estimate of drug-likeness (QED) is 0.454. The van der Waals surface area contributed by atoms with Crippen LogP contribution in [0.2, 0.25) is 0 Å². The second-order valence-corrected chi connectivity index (χ2v) is 7.93. The standard InChI is InChI=1S/C26H23N3O2/c30-25(27-21-10-6-11-22(16-21)28-26(31)19-13-14-19)17-29-23-12-5-4-9-20(23)15-24(29)18-7-2-1-3-8-18/h1-12,15-16,19H,13-14,17H2,(H,27,30)(H,28,31). The number of carbonyl (C=O) groups is 2. The summed E-state index contributed by atoms with van der Waals surface area (Å²) >= 11 is 0. The Morgan fingerprint density at radius 1 is 0.806 bits per heavy atom. The zero-order chi connectivity index (χ0) is 21.2. The zero-order valence-corrected chi connectivity index (χ0v) is 17.0. The molecule has 0 saturated heterocycles. The molecule has 2 amide bonds. The molecular weight excluding hydrogens is 386 g/mol. The number of fused-ring (bicyclic) bond motifs is 1. The fourth-order valence-corrected chi connectivity index (χ4v) is 3.84. The van der Waals surface area contributed by atoms with E-state index in [0.29, 0.717) is 11.4 Å². The summed E-state index contributed by atoms with van der Waals surface area (Å²) in [4.78, 5) is 25.0. The molecule has 0 spiro atoms. The summed E-state index contributed by atoms with van der Waals surface area (Å²) in [5.74, 6) is 0.0654. The molecule has 0 unspecified atom stereocenters. The van der Waals surface area contributed by atoms with E-state index in [4.69, 9.17) is 0 Å². The molecule has 1 fully saturated rings. The maximum Gasteiger partial charge on any atom is 0.244 e. The van der Waals surface area contributed by atoms with Crippen LogP contribution in [0.4, 0.5) is 11.4 Å². The molecule has 5 nitrogen and oxygen atoms in total. The van der Waals surface area contributed by atoms with Crippen LogP contribution in [0.5, 0.6) is 0 Å². The lowest BCUT2D eigenvalue weighted by molar-refractivity contribution is -0.117. The molecular formula is C26H23N3O2. The summed E-state index contributed by atoms with van der Waals surface area (Å²) in [6, 6.07) is 27.6. The average Bonchev–Trinajstić information content (AvgIpc) is 3.58. The second kappa shape index (κ2) is 8.11. The lowest BCUT2D eigenvalue weighted by Gasteiger charge is -2.12. The van der Waals surface area contributed by atoms with Gasteiger partial charge in [-0.3, -0.25) is 9.59 Å². The molecule has 0 aliphatic heterocycles. The van der Waals surface area contributed by atoms with E-state index in [1.54, 1.807) is 6.07 Å². The monoisotopic (exact) mass is 409 g/mol. The maximum absolute atomic E-state index is 12.9. The highest BCUT2D eigenvalue weighted by Crippen LogP contribution is 2.31. The summed E-state index contributed by atoms with van der Waals surface area (Å²) < 4.78 is 2.04. The molecule has 4 aromatic rings. The van der Waals surface area contributed by atoms with Crippen LogP contribution in [-0.2, 0) is 16.1 Å². The third-order valence-corrected chi connectivity index (χ3v) is 5.54. The highest BCUT2D eigenvalue weighted by Gasteiger charge is 2.29. The van der Waals surface area contributed by atoms with E-state index in [0.717, 1.165) is 35.0 Å². The molecule has 0 atom stereocenters. The first kappa shape index (κ1) is 19.1. The first-order valence-corrected chi connectivity index (χ1v) is 10.5. The van der Waals surface area contributed by atoms with Gasteiger partial charge < -0.3 is 15.2 Å². The van der Waals surface area contributed by atoms with Crippen LogP contribution >= 0.6 is 0 Å². The summed E-state index contributed by atoms with van der Waals surface area (Å²) in [6.07, 6.45) is 1.91. The number of para-hydroxylation sites is 1. The van der Waals surface area contributed by atoms with Gasteiger partial charge in [0.1, 0.15) is 6.54 Å². The number of amides is 2. The number of hydrogen-bond acceptors (Lipinski definition) is 2. The molecule has 31 heavy (non-hydrogen) atoms. The smallest absolute Gasteiger partial charge is 0.244 e.